The maximum Gasteiger partial charge on any atom is 0.264 e. The van der Waals surface area contributed by atoms with Crippen LogP contribution >= 0.6 is 11.3 Å². The van der Waals surface area contributed by atoms with Crippen molar-refractivity contribution in [3.8, 4) is 5.75 Å². The predicted molar refractivity (Wildman–Crippen MR) is 206 cm³/mol. The van der Waals surface area contributed by atoms with Crippen molar-refractivity contribution in [2.45, 2.75) is 95.2 Å². The van der Waals surface area contributed by atoms with Crippen molar-refractivity contribution in [3.63, 3.8) is 0 Å². The predicted octanol–water partition coefficient (Wildman–Crippen LogP) is 4.15. The number of imide groups is 2. The van der Waals surface area contributed by atoms with Gasteiger partial charge in [0.1, 0.15) is 11.8 Å². The van der Waals surface area contributed by atoms with Crippen molar-refractivity contribution in [1.29, 1.82) is 0 Å². The average Bonchev–Trinajstić information content (AvgIpc) is 3.84. The molecule has 0 spiro atoms. The summed E-state index contributed by atoms with van der Waals surface area (Å²) in [5, 5.41) is 12.2. The van der Waals surface area contributed by atoms with Crippen molar-refractivity contribution < 1.29 is 33.5 Å². The first kappa shape index (κ1) is 38.1. The van der Waals surface area contributed by atoms with E-state index in [9.17, 15) is 28.8 Å². The van der Waals surface area contributed by atoms with E-state index in [4.69, 9.17) is 9.72 Å². The molecular formula is C40H47N7O7S. The van der Waals surface area contributed by atoms with Gasteiger partial charge in [-0.15, -0.1) is 11.3 Å². The SMILES string of the molecule is Cc1sc(NC(=O)Cc2cccc(OCCCCCNc3cccc4c3C(=O)N(C3CCC(=O)NC3=O)C4=O)c2)nc1[C@@H]1CC[C@@H](C(=O)NC2CC2)N(C)C1. The van der Waals surface area contributed by atoms with E-state index in [1.807, 2.05) is 38.2 Å². The van der Waals surface area contributed by atoms with Gasteiger partial charge in [0.15, 0.2) is 5.13 Å². The van der Waals surface area contributed by atoms with Crippen LogP contribution in [0, 0.1) is 6.92 Å². The number of fused-ring (bicyclic) bond motifs is 1. The fraction of sp³-hybridized carbons (Fsp3) is 0.475. The molecule has 3 fully saturated rings. The smallest absolute Gasteiger partial charge is 0.264 e. The van der Waals surface area contributed by atoms with Crippen LogP contribution in [-0.4, -0.2) is 95.1 Å². The number of thiazole rings is 1. The van der Waals surface area contributed by atoms with E-state index in [1.54, 1.807) is 18.2 Å². The second kappa shape index (κ2) is 16.7. The van der Waals surface area contributed by atoms with Gasteiger partial charge in [0.2, 0.25) is 23.6 Å². The number of amides is 6. The maximum atomic E-state index is 13.3. The van der Waals surface area contributed by atoms with Crippen LogP contribution in [0.1, 0.15) is 101 Å². The Morgan fingerprint density at radius 3 is 2.58 bits per heavy atom. The monoisotopic (exact) mass is 769 g/mol. The number of rotatable bonds is 15. The van der Waals surface area contributed by atoms with E-state index in [-0.39, 0.29) is 54.2 Å². The second-order valence-corrected chi connectivity index (χ2v) is 16.1. The minimum absolute atomic E-state index is 0.0702. The molecular weight excluding hydrogens is 723 g/mol. The molecule has 2 saturated heterocycles. The number of nitrogens with zero attached hydrogens (tertiary/aromatic N) is 3. The molecule has 2 aromatic carbocycles. The number of likely N-dealkylation sites (tertiary alicyclic amines) is 1. The van der Waals surface area contributed by atoms with Crippen molar-refractivity contribution >= 4 is 57.6 Å². The van der Waals surface area contributed by atoms with Crippen LogP contribution in [0.25, 0.3) is 0 Å². The quantitative estimate of drug-likeness (QED) is 0.130. The topological polar surface area (TPSA) is 179 Å². The first-order valence-electron chi connectivity index (χ1n) is 19.1. The highest BCUT2D eigenvalue weighted by Gasteiger charge is 2.45. The number of hydrogen-bond donors (Lipinski definition) is 4. The Bertz CT molecular complexity index is 1990. The van der Waals surface area contributed by atoms with Crippen molar-refractivity contribution in [2.75, 3.05) is 37.4 Å². The Morgan fingerprint density at radius 1 is 0.982 bits per heavy atom. The van der Waals surface area contributed by atoms with Gasteiger partial charge in [-0.1, -0.05) is 18.2 Å². The van der Waals surface area contributed by atoms with E-state index in [1.165, 1.54) is 11.3 Å². The molecule has 4 N–H and O–H groups in total. The summed E-state index contributed by atoms with van der Waals surface area (Å²) in [5.41, 5.74) is 2.85. The normalized spacial score (nSPS) is 21.3. The van der Waals surface area contributed by atoms with E-state index in [0.717, 1.165) is 72.5 Å². The van der Waals surface area contributed by atoms with Gasteiger partial charge in [-0.3, -0.25) is 43.9 Å². The Balaban J connectivity index is 0.822. The molecule has 4 heterocycles. The summed E-state index contributed by atoms with van der Waals surface area (Å²) in [6.07, 6.45) is 6.61. The molecule has 1 aromatic heterocycles. The zero-order valence-electron chi connectivity index (χ0n) is 31.2. The summed E-state index contributed by atoms with van der Waals surface area (Å²) >= 11 is 1.48. The van der Waals surface area contributed by atoms with Crippen LogP contribution in [0.3, 0.4) is 0 Å². The lowest BCUT2D eigenvalue weighted by Gasteiger charge is -2.36. The standard InChI is InChI=1S/C40H47N7O7S/c1-23-35(25-12-15-30(46(2)22-25)36(50)42-26-13-14-26)45-40(55-23)44-33(49)21-24-8-6-9-27(20-24)54-19-5-3-4-18-41-29-11-7-10-28-34(29)39(53)47(38(28)52)31-16-17-32(48)43-37(31)51/h6-11,20,25-26,30-31,41H,3-5,12-19,21-22H2,1-2H3,(H,42,50)(H,43,48,51)(H,44,45,49)/t25-,30+,31?/m1/s1. The number of unbranched alkanes of at least 4 members (excludes halogenated alkanes) is 2. The zero-order chi connectivity index (χ0) is 38.6. The van der Waals surface area contributed by atoms with Gasteiger partial charge in [0, 0.05) is 42.0 Å². The molecule has 6 amide bonds. The molecule has 15 heteroatoms. The molecule has 7 rings (SSSR count). The maximum absolute atomic E-state index is 13.3. The number of carbonyl (C=O) groups is 6. The Hall–Kier alpha value is -5.15. The van der Waals surface area contributed by atoms with Gasteiger partial charge < -0.3 is 20.7 Å². The lowest BCUT2D eigenvalue weighted by Crippen LogP contribution is -2.54. The first-order chi connectivity index (χ1) is 26.5. The number of nitrogens with one attached hydrogen (secondary N) is 4. The molecule has 55 heavy (non-hydrogen) atoms. The molecule has 0 bridgehead atoms. The molecule has 1 unspecified atom stereocenters. The lowest BCUT2D eigenvalue weighted by atomic mass is 9.90. The van der Waals surface area contributed by atoms with Crippen LogP contribution in [0.15, 0.2) is 42.5 Å². The van der Waals surface area contributed by atoms with E-state index in [2.05, 4.69) is 26.2 Å². The molecule has 290 valence electrons. The Labute approximate surface area is 323 Å². The van der Waals surface area contributed by atoms with E-state index >= 15 is 0 Å². The number of ether oxygens (including phenoxy) is 1. The third-order valence-corrected chi connectivity index (χ3v) is 11.6. The lowest BCUT2D eigenvalue weighted by molar-refractivity contribution is -0.136. The third-order valence-electron chi connectivity index (χ3n) is 10.7. The minimum atomic E-state index is -1.00. The number of piperidine rings is 2. The third kappa shape index (κ3) is 8.89. The first-order valence-corrected chi connectivity index (χ1v) is 20.0. The highest BCUT2D eigenvalue weighted by Crippen LogP contribution is 2.36. The van der Waals surface area contributed by atoms with Gasteiger partial charge >= 0.3 is 0 Å². The van der Waals surface area contributed by atoms with Crippen LogP contribution in [-0.2, 0) is 25.6 Å². The second-order valence-electron chi connectivity index (χ2n) is 14.9. The fourth-order valence-electron chi connectivity index (χ4n) is 7.64. The van der Waals surface area contributed by atoms with Crippen LogP contribution < -0.4 is 26.0 Å². The number of anilines is 2. The molecule has 3 aliphatic heterocycles. The number of aromatic nitrogens is 1. The molecule has 14 nitrogen and oxygen atoms in total. The molecule has 1 saturated carbocycles. The van der Waals surface area contributed by atoms with Crippen molar-refractivity contribution in [2.24, 2.45) is 0 Å². The van der Waals surface area contributed by atoms with Crippen LogP contribution in [0.2, 0.25) is 0 Å². The molecule has 1 aliphatic carbocycles. The molecule has 3 atom stereocenters. The molecule has 0 radical (unpaired) electrons. The number of likely N-dealkylation sites (N-methyl/N-ethyl adjacent to an activating group) is 1. The zero-order valence-corrected chi connectivity index (χ0v) is 32.0. The van der Waals surface area contributed by atoms with Gasteiger partial charge in [-0.05, 0) is 95.2 Å². The van der Waals surface area contributed by atoms with E-state index in [0.29, 0.717) is 35.8 Å². The molecule has 4 aliphatic rings. The van der Waals surface area contributed by atoms with E-state index < -0.39 is 29.7 Å². The highest BCUT2D eigenvalue weighted by molar-refractivity contribution is 7.15. The van der Waals surface area contributed by atoms with Gasteiger partial charge in [-0.2, -0.15) is 0 Å². The van der Waals surface area contributed by atoms with Gasteiger partial charge in [0.25, 0.3) is 11.8 Å². The van der Waals surface area contributed by atoms with Crippen molar-refractivity contribution in [3.05, 3.63) is 69.7 Å². The number of aryl methyl sites for hydroxylation is 1. The van der Waals surface area contributed by atoms with Gasteiger partial charge in [-0.25, -0.2) is 4.98 Å². The van der Waals surface area contributed by atoms with Crippen LogP contribution in [0.5, 0.6) is 5.75 Å². The summed E-state index contributed by atoms with van der Waals surface area (Å²) in [6, 6.07) is 11.8. The largest absolute Gasteiger partial charge is 0.494 e. The number of hydrogen-bond acceptors (Lipinski definition) is 11. The Kier molecular flexibility index (Phi) is 11.6. The Morgan fingerprint density at radius 2 is 1.80 bits per heavy atom. The summed E-state index contributed by atoms with van der Waals surface area (Å²) in [6.45, 7) is 3.84. The summed E-state index contributed by atoms with van der Waals surface area (Å²) in [7, 11) is 2.00. The average molecular weight is 770 g/mol. The number of carbonyl (C=O) groups excluding carboxylic acids is 6. The minimum Gasteiger partial charge on any atom is -0.494 e. The summed E-state index contributed by atoms with van der Waals surface area (Å²) in [4.78, 5) is 85.0. The number of benzene rings is 2. The van der Waals surface area contributed by atoms with Crippen molar-refractivity contribution in [1.82, 2.24) is 25.4 Å². The van der Waals surface area contributed by atoms with Crippen LogP contribution in [0.4, 0.5) is 10.8 Å². The summed E-state index contributed by atoms with van der Waals surface area (Å²) < 4.78 is 5.99. The molecule has 3 aromatic rings. The fourth-order valence-corrected chi connectivity index (χ4v) is 8.55. The summed E-state index contributed by atoms with van der Waals surface area (Å²) in [5.74, 6) is -1.24. The highest BCUT2D eigenvalue weighted by atomic mass is 32.1. The van der Waals surface area contributed by atoms with Gasteiger partial charge in [0.05, 0.1) is 35.9 Å².